The van der Waals surface area contributed by atoms with Gasteiger partial charge in [0.1, 0.15) is 30.9 Å². The van der Waals surface area contributed by atoms with Crippen LogP contribution in [0, 0.1) is 0 Å². The molecule has 462 valence electrons. The Morgan fingerprint density at radius 2 is 0.988 bits per heavy atom. The van der Waals surface area contributed by atoms with E-state index in [0.717, 1.165) is 28.6 Å². The summed E-state index contributed by atoms with van der Waals surface area (Å²) in [6, 6.07) is 19.8. The molecule has 8 aromatic rings. The van der Waals surface area contributed by atoms with Gasteiger partial charge >= 0.3 is 12.4 Å². The number of hydrogen-bond acceptors (Lipinski definition) is 10. The highest BCUT2D eigenvalue weighted by Crippen LogP contribution is 2.45. The Bertz CT molecular complexity index is 4120. The molecule has 1 N–H and O–H groups in total. The van der Waals surface area contributed by atoms with E-state index in [1.807, 2.05) is 24.5 Å². The quantitative estimate of drug-likeness (QED) is 0.0426. The van der Waals surface area contributed by atoms with Crippen LogP contribution >= 0.6 is 46.4 Å². The van der Waals surface area contributed by atoms with Gasteiger partial charge in [-0.3, -0.25) is 4.79 Å². The number of sulfonamides is 2. The topological polar surface area (TPSA) is 166 Å². The lowest BCUT2D eigenvalue weighted by Gasteiger charge is -2.38. The molecule has 0 spiro atoms. The molecule has 0 saturated heterocycles. The summed E-state index contributed by atoms with van der Waals surface area (Å²) in [6.45, 7) is 20.6. The fraction of sp³-hybridized carbons (Fsp3) is 0.328. The van der Waals surface area contributed by atoms with Gasteiger partial charge in [0.15, 0.2) is 22.3 Å². The van der Waals surface area contributed by atoms with Gasteiger partial charge in [-0.05, 0) is 119 Å². The summed E-state index contributed by atoms with van der Waals surface area (Å²) in [4.78, 5) is 22.0. The molecule has 4 heterocycles. The number of rotatable bonds is 16. The van der Waals surface area contributed by atoms with E-state index in [-0.39, 0.29) is 48.2 Å². The number of carbonyl (C=O) groups excluding carboxylic acids is 1. The maximum absolute atomic E-state index is 14.2. The van der Waals surface area contributed by atoms with E-state index in [0.29, 0.717) is 44.1 Å². The van der Waals surface area contributed by atoms with Gasteiger partial charge in [-0.25, -0.2) is 35.4 Å². The molecule has 28 heteroatoms. The van der Waals surface area contributed by atoms with E-state index in [9.17, 15) is 53.1 Å². The van der Waals surface area contributed by atoms with Crippen molar-refractivity contribution < 1.29 is 62.6 Å². The molecule has 0 fully saturated rings. The Balaban J connectivity index is 0.000000246. The van der Waals surface area contributed by atoms with Crippen molar-refractivity contribution in [2.45, 2.75) is 106 Å². The Kier molecular flexibility index (Phi) is 19.6. The summed E-state index contributed by atoms with van der Waals surface area (Å²) < 4.78 is 153. The fourth-order valence-corrected chi connectivity index (χ4v) is 16.5. The number of aliphatic hydroxyl groups excluding tert-OH is 1. The first-order chi connectivity index (χ1) is 39.6. The summed E-state index contributed by atoms with van der Waals surface area (Å²) in [5, 5.41) is 11.9. The van der Waals surface area contributed by atoms with Gasteiger partial charge < -0.3 is 23.0 Å². The number of methoxy groups -OCH3 is 2. The lowest BCUT2D eigenvalue weighted by atomic mass is 9.98. The van der Waals surface area contributed by atoms with Crippen molar-refractivity contribution in [1.29, 1.82) is 0 Å². The number of pyridine rings is 2. The van der Waals surface area contributed by atoms with Gasteiger partial charge in [0.05, 0.1) is 42.3 Å². The van der Waals surface area contributed by atoms with Crippen molar-refractivity contribution >= 4 is 122 Å². The Hall–Kier alpha value is -5.52. The van der Waals surface area contributed by atoms with Crippen molar-refractivity contribution in [2.24, 2.45) is 0 Å². The molecule has 0 bridgehead atoms. The lowest BCUT2D eigenvalue weighted by molar-refractivity contribution is -0.138. The number of fused-ring (bicyclic) bond motifs is 2. The number of benzene rings is 4. The minimum Gasteiger partial charge on any atom is -0.384 e. The van der Waals surface area contributed by atoms with Crippen LogP contribution in [0.1, 0.15) is 85.8 Å². The Morgan fingerprint density at radius 3 is 1.44 bits per heavy atom. The molecule has 86 heavy (non-hydrogen) atoms. The SMILES string of the molecule is COCN(c1cc(Cl)ccc1C(=O)c1ccnc2c1ccn2[Si](C)(C)C(C)(C)C)S(=O)(=O)c1ccc(Cl)c(C(F)(F)F)c1.COCN(c1cc(Cl)ccc1C(O)c1ccnc2c1ccn2[Si](C)(C)C(C)(C)C)S(=O)(=O)c1ccc(Cl)c(C(F)(F)F)c1. The average molecular weight is 1350 g/mol. The minimum absolute atomic E-state index is 0.0126. The number of nitrogens with zero attached hydrogens (tertiary/aromatic N) is 6. The second-order valence-electron chi connectivity index (χ2n) is 23.1. The predicted molar refractivity (Wildman–Crippen MR) is 331 cm³/mol. The zero-order valence-corrected chi connectivity index (χ0v) is 55.3. The largest absolute Gasteiger partial charge is 0.417 e. The molecule has 0 aliphatic heterocycles. The summed E-state index contributed by atoms with van der Waals surface area (Å²) in [6.07, 6.45) is -4.19. The number of hydrogen-bond donors (Lipinski definition) is 1. The number of aromatic nitrogens is 4. The predicted octanol–water partition coefficient (Wildman–Crippen LogP) is 16.3. The second kappa shape index (κ2) is 24.8. The van der Waals surface area contributed by atoms with Gasteiger partial charge in [-0.2, -0.15) is 26.3 Å². The lowest BCUT2D eigenvalue weighted by Crippen LogP contribution is -2.45. The third-order valence-corrected chi connectivity index (χ3v) is 30.9. The van der Waals surface area contributed by atoms with Gasteiger partial charge in [-0.1, -0.05) is 120 Å². The van der Waals surface area contributed by atoms with Crippen LogP contribution in [0.25, 0.3) is 22.1 Å². The van der Waals surface area contributed by atoms with E-state index in [1.165, 1.54) is 56.8 Å². The molecule has 0 saturated carbocycles. The fourth-order valence-electron chi connectivity index (χ4n) is 9.13. The molecule has 0 radical (unpaired) electrons. The van der Waals surface area contributed by atoms with Crippen molar-refractivity contribution in [3.63, 3.8) is 0 Å². The first-order valence-corrected chi connectivity index (χ1v) is 36.4. The van der Waals surface area contributed by atoms with E-state index in [4.69, 9.17) is 55.9 Å². The van der Waals surface area contributed by atoms with Crippen LogP contribution < -0.4 is 8.61 Å². The maximum Gasteiger partial charge on any atom is 0.417 e. The summed E-state index contributed by atoms with van der Waals surface area (Å²) in [5.74, 6) is -0.532. The first-order valence-electron chi connectivity index (χ1n) is 26.2. The number of anilines is 2. The van der Waals surface area contributed by atoms with E-state index in [2.05, 4.69) is 86.2 Å². The second-order valence-corrected chi connectivity index (χ2v) is 38.8. The number of halogens is 10. The molecule has 0 aliphatic carbocycles. The molecule has 14 nitrogen and oxygen atoms in total. The van der Waals surface area contributed by atoms with Crippen LogP contribution in [-0.4, -0.2) is 90.3 Å². The van der Waals surface area contributed by atoms with Crippen LogP contribution in [0.4, 0.5) is 37.7 Å². The summed E-state index contributed by atoms with van der Waals surface area (Å²) in [5.41, 5.74) is -0.736. The average Bonchev–Trinajstić information content (AvgIpc) is 1.57. The van der Waals surface area contributed by atoms with Crippen LogP contribution in [0.3, 0.4) is 0 Å². The molecule has 0 amide bonds. The standard InChI is InChI=1S/C29H32Cl2F3N3O4SSi.C29H30Cl2F3N3O4SSi/c2*1-28(2,3)43(5,6)37-14-12-21-20(11-13-35-27(21)37)26(38)22-9-7-18(30)15-25(22)36(17-41-4)42(39,40)19-8-10-24(31)23(16-19)29(32,33)34/h7-16,26,38H,17H2,1-6H3;7-16H,17H2,1-6H3. The number of alkyl halides is 6. The van der Waals surface area contributed by atoms with Crippen LogP contribution in [0.15, 0.2) is 132 Å². The Labute approximate surface area is 517 Å². The third-order valence-electron chi connectivity index (χ3n) is 15.8. The van der Waals surface area contributed by atoms with Gasteiger partial charge in [0.25, 0.3) is 20.0 Å². The molecular formula is C58H62Cl4F6N6O8S2Si2. The highest BCUT2D eigenvalue weighted by Gasteiger charge is 2.42. The van der Waals surface area contributed by atoms with Crippen molar-refractivity contribution in [2.75, 3.05) is 36.3 Å². The monoisotopic (exact) mass is 1340 g/mol. The normalized spacial score (nSPS) is 13.4. The van der Waals surface area contributed by atoms with Crippen molar-refractivity contribution in [3.05, 3.63) is 175 Å². The molecular weight excluding hydrogens is 1280 g/mol. The minimum atomic E-state index is -4.90. The number of aliphatic hydroxyl groups is 1. The first kappa shape index (κ1) is 68.0. The van der Waals surface area contributed by atoms with Crippen LogP contribution in [0.2, 0.25) is 56.4 Å². The molecule has 0 aliphatic rings. The van der Waals surface area contributed by atoms with Crippen molar-refractivity contribution in [3.8, 4) is 0 Å². The number of ether oxygens (including phenoxy) is 2. The number of ketones is 1. The highest BCUT2D eigenvalue weighted by atomic mass is 35.5. The van der Waals surface area contributed by atoms with Crippen molar-refractivity contribution in [1.82, 2.24) is 18.4 Å². The third kappa shape index (κ3) is 13.3. The van der Waals surface area contributed by atoms with Crippen LogP contribution in [-0.2, 0) is 41.9 Å². The maximum atomic E-state index is 14.2. The zero-order chi connectivity index (χ0) is 64.2. The van der Waals surface area contributed by atoms with Gasteiger partial charge in [0.2, 0.25) is 0 Å². The highest BCUT2D eigenvalue weighted by molar-refractivity contribution is 7.93. The molecule has 4 aromatic heterocycles. The van der Waals surface area contributed by atoms with Gasteiger partial charge in [0, 0.05) is 64.1 Å². The zero-order valence-electron chi connectivity index (χ0n) is 48.6. The van der Waals surface area contributed by atoms with E-state index < -0.39 is 105 Å². The summed E-state index contributed by atoms with van der Waals surface area (Å²) in [7, 11) is -11.2. The van der Waals surface area contributed by atoms with E-state index >= 15 is 0 Å². The molecule has 8 rings (SSSR count). The smallest absolute Gasteiger partial charge is 0.384 e. The molecule has 1 atom stereocenters. The Morgan fingerprint density at radius 1 is 0.570 bits per heavy atom. The molecule has 1 unspecified atom stereocenters. The summed E-state index contributed by atoms with van der Waals surface area (Å²) >= 11 is 24.0. The molecule has 4 aromatic carbocycles. The number of carbonyl (C=O) groups is 1. The van der Waals surface area contributed by atoms with Crippen LogP contribution in [0.5, 0.6) is 0 Å². The van der Waals surface area contributed by atoms with Gasteiger partial charge in [-0.15, -0.1) is 0 Å². The van der Waals surface area contributed by atoms with E-state index in [1.54, 1.807) is 18.3 Å².